The van der Waals surface area contributed by atoms with E-state index in [4.69, 9.17) is 9.47 Å². The highest BCUT2D eigenvalue weighted by Crippen LogP contribution is 2.17. The van der Waals surface area contributed by atoms with Gasteiger partial charge in [0.2, 0.25) is 0 Å². The maximum absolute atomic E-state index is 5.87. The van der Waals surface area contributed by atoms with E-state index in [1.165, 1.54) is 45.3 Å². The van der Waals surface area contributed by atoms with Crippen molar-refractivity contribution >= 4 is 0 Å². The van der Waals surface area contributed by atoms with Crippen molar-refractivity contribution in [1.29, 1.82) is 0 Å². The third kappa shape index (κ3) is 4.71. The molecule has 0 amide bonds. The van der Waals surface area contributed by atoms with Crippen molar-refractivity contribution in [2.24, 2.45) is 0 Å². The fraction of sp³-hybridized carbons (Fsp3) is 1.00. The van der Waals surface area contributed by atoms with Gasteiger partial charge < -0.3 is 9.47 Å². The Morgan fingerprint density at radius 2 is 2.16 bits per heavy atom. The largest absolute Gasteiger partial charge is 0.383 e. The molecule has 0 aromatic heterocycles. The van der Waals surface area contributed by atoms with Crippen LogP contribution >= 0.6 is 0 Å². The minimum Gasteiger partial charge on any atom is -0.383 e. The molecular formula is C15H30N2O2. The average molecular weight is 270 g/mol. The summed E-state index contributed by atoms with van der Waals surface area (Å²) in [4.78, 5) is 5.19. The smallest absolute Gasteiger partial charge is 0.0702 e. The van der Waals surface area contributed by atoms with Gasteiger partial charge in [-0.3, -0.25) is 9.80 Å². The summed E-state index contributed by atoms with van der Waals surface area (Å²) < 4.78 is 11.1. The Morgan fingerprint density at radius 1 is 1.26 bits per heavy atom. The Bertz CT molecular complexity index is 244. The summed E-state index contributed by atoms with van der Waals surface area (Å²) in [5.74, 6) is 0. The van der Waals surface area contributed by atoms with Crippen molar-refractivity contribution in [2.45, 2.75) is 44.8 Å². The van der Waals surface area contributed by atoms with Crippen molar-refractivity contribution in [2.75, 3.05) is 53.0 Å². The molecule has 0 aromatic carbocycles. The third-order valence-electron chi connectivity index (χ3n) is 4.48. The van der Waals surface area contributed by atoms with E-state index in [0.717, 1.165) is 26.3 Å². The van der Waals surface area contributed by atoms with Gasteiger partial charge in [-0.05, 0) is 25.7 Å². The summed E-state index contributed by atoms with van der Waals surface area (Å²) >= 11 is 0. The van der Waals surface area contributed by atoms with Crippen LogP contribution in [0.3, 0.4) is 0 Å². The molecule has 0 spiro atoms. The Balaban J connectivity index is 1.75. The van der Waals surface area contributed by atoms with Gasteiger partial charge in [0.25, 0.3) is 0 Å². The molecule has 19 heavy (non-hydrogen) atoms. The molecule has 2 heterocycles. The molecule has 0 radical (unpaired) electrons. The summed E-state index contributed by atoms with van der Waals surface area (Å²) in [7, 11) is 1.79. The Kier molecular flexibility index (Phi) is 6.57. The first-order chi connectivity index (χ1) is 9.33. The molecule has 2 aliphatic heterocycles. The second-order valence-electron chi connectivity index (χ2n) is 5.84. The van der Waals surface area contributed by atoms with E-state index >= 15 is 0 Å². The number of rotatable bonds is 6. The second kappa shape index (κ2) is 8.20. The van der Waals surface area contributed by atoms with Gasteiger partial charge in [-0.1, -0.05) is 6.92 Å². The molecular weight excluding hydrogens is 240 g/mol. The van der Waals surface area contributed by atoms with Gasteiger partial charge in [0.1, 0.15) is 0 Å². The number of nitrogens with zero attached hydrogens (tertiary/aromatic N) is 2. The van der Waals surface area contributed by atoms with E-state index < -0.39 is 0 Å². The zero-order chi connectivity index (χ0) is 13.5. The lowest BCUT2D eigenvalue weighted by Gasteiger charge is -2.42. The molecule has 2 fully saturated rings. The quantitative estimate of drug-likeness (QED) is 0.732. The summed E-state index contributed by atoms with van der Waals surface area (Å²) in [5, 5.41) is 0. The first-order valence-electron chi connectivity index (χ1n) is 7.90. The fourth-order valence-electron chi connectivity index (χ4n) is 3.25. The molecule has 2 saturated heterocycles. The van der Waals surface area contributed by atoms with Crippen molar-refractivity contribution in [3.63, 3.8) is 0 Å². The van der Waals surface area contributed by atoms with Crippen LogP contribution < -0.4 is 0 Å². The van der Waals surface area contributed by atoms with E-state index in [2.05, 4.69) is 16.7 Å². The lowest BCUT2D eigenvalue weighted by atomic mass is 10.1. The van der Waals surface area contributed by atoms with Crippen LogP contribution in [0.4, 0.5) is 0 Å². The number of hydrogen-bond acceptors (Lipinski definition) is 4. The molecule has 112 valence electrons. The first-order valence-corrected chi connectivity index (χ1v) is 7.90. The topological polar surface area (TPSA) is 24.9 Å². The lowest BCUT2D eigenvalue weighted by Crippen LogP contribution is -2.55. The van der Waals surface area contributed by atoms with Gasteiger partial charge in [-0.25, -0.2) is 0 Å². The van der Waals surface area contributed by atoms with E-state index in [9.17, 15) is 0 Å². The van der Waals surface area contributed by atoms with Gasteiger partial charge in [0.15, 0.2) is 0 Å². The van der Waals surface area contributed by atoms with Crippen LogP contribution in [-0.2, 0) is 9.47 Å². The molecule has 2 aliphatic rings. The van der Waals surface area contributed by atoms with Crippen LogP contribution in [0.15, 0.2) is 0 Å². The number of ether oxygens (including phenoxy) is 2. The highest BCUT2D eigenvalue weighted by Gasteiger charge is 2.27. The van der Waals surface area contributed by atoms with Crippen LogP contribution in [0.25, 0.3) is 0 Å². The average Bonchev–Trinajstić information content (AvgIpc) is 2.47. The predicted molar refractivity (Wildman–Crippen MR) is 77.6 cm³/mol. The molecule has 0 saturated carbocycles. The number of methoxy groups -OCH3 is 1. The zero-order valence-electron chi connectivity index (χ0n) is 12.6. The Hall–Kier alpha value is -0.160. The van der Waals surface area contributed by atoms with Crippen LogP contribution in [0.2, 0.25) is 0 Å². The van der Waals surface area contributed by atoms with Gasteiger partial charge in [-0.15, -0.1) is 0 Å². The van der Waals surface area contributed by atoms with E-state index in [0.29, 0.717) is 12.1 Å². The summed E-state index contributed by atoms with van der Waals surface area (Å²) in [5.41, 5.74) is 0. The molecule has 0 N–H and O–H groups in total. The van der Waals surface area contributed by atoms with Crippen LogP contribution in [0, 0.1) is 0 Å². The normalized spacial score (nSPS) is 30.6. The predicted octanol–water partition coefficient (Wildman–Crippen LogP) is 1.60. The van der Waals surface area contributed by atoms with E-state index in [1.54, 1.807) is 7.11 Å². The summed E-state index contributed by atoms with van der Waals surface area (Å²) in [6.45, 7) is 9.87. The fourth-order valence-corrected chi connectivity index (χ4v) is 3.25. The number of piperazine rings is 1. The summed E-state index contributed by atoms with van der Waals surface area (Å²) in [6.07, 6.45) is 5.55. The van der Waals surface area contributed by atoms with Crippen molar-refractivity contribution < 1.29 is 9.47 Å². The molecule has 2 atom stereocenters. The molecule has 0 bridgehead atoms. The van der Waals surface area contributed by atoms with Crippen LogP contribution in [0.5, 0.6) is 0 Å². The molecule has 4 nitrogen and oxygen atoms in total. The molecule has 0 aromatic rings. The SMILES string of the molecule is CC[C@H]1CN(C[C@H]2CCCCO2)CCN1CCOC. The molecule has 0 aliphatic carbocycles. The lowest BCUT2D eigenvalue weighted by molar-refractivity contribution is -0.0252. The van der Waals surface area contributed by atoms with E-state index in [1.807, 2.05) is 0 Å². The van der Waals surface area contributed by atoms with Gasteiger partial charge >= 0.3 is 0 Å². The van der Waals surface area contributed by atoms with Crippen LogP contribution in [0.1, 0.15) is 32.6 Å². The number of hydrogen-bond donors (Lipinski definition) is 0. The zero-order valence-corrected chi connectivity index (χ0v) is 12.6. The Morgan fingerprint density at radius 3 is 2.84 bits per heavy atom. The summed E-state index contributed by atoms with van der Waals surface area (Å²) in [6, 6.07) is 0.687. The maximum Gasteiger partial charge on any atom is 0.0702 e. The minimum atomic E-state index is 0.483. The van der Waals surface area contributed by atoms with Crippen molar-refractivity contribution in [3.05, 3.63) is 0 Å². The van der Waals surface area contributed by atoms with Gasteiger partial charge in [-0.2, -0.15) is 0 Å². The van der Waals surface area contributed by atoms with Gasteiger partial charge in [0, 0.05) is 52.5 Å². The monoisotopic (exact) mass is 270 g/mol. The van der Waals surface area contributed by atoms with Crippen molar-refractivity contribution in [1.82, 2.24) is 9.80 Å². The Labute approximate surface area is 118 Å². The second-order valence-corrected chi connectivity index (χ2v) is 5.84. The molecule has 0 unspecified atom stereocenters. The standard InChI is InChI=1S/C15H30N2O2/c1-3-14-12-16(7-8-17(14)9-11-18-2)13-15-6-4-5-10-19-15/h14-15H,3-13H2,1-2H3/t14-,15+/m0/s1. The maximum atomic E-state index is 5.87. The van der Waals surface area contributed by atoms with E-state index in [-0.39, 0.29) is 0 Å². The highest BCUT2D eigenvalue weighted by atomic mass is 16.5. The minimum absolute atomic E-state index is 0.483. The van der Waals surface area contributed by atoms with Gasteiger partial charge in [0.05, 0.1) is 12.7 Å². The third-order valence-corrected chi connectivity index (χ3v) is 4.48. The van der Waals surface area contributed by atoms with Crippen molar-refractivity contribution in [3.8, 4) is 0 Å². The highest BCUT2D eigenvalue weighted by molar-refractivity contribution is 4.83. The molecule has 2 rings (SSSR count). The van der Waals surface area contributed by atoms with Crippen LogP contribution in [-0.4, -0.2) is 75.0 Å². The first kappa shape index (κ1) is 15.2. The molecule has 4 heteroatoms.